The molecule has 2 aliphatic rings. The molecule has 86 valence electrons. The summed E-state index contributed by atoms with van der Waals surface area (Å²) in [6, 6.07) is 0.888. The van der Waals surface area contributed by atoms with Crippen molar-refractivity contribution < 1.29 is 19.8 Å². The van der Waals surface area contributed by atoms with Crippen LogP contribution in [-0.4, -0.2) is 59.3 Å². The molecule has 15 heavy (non-hydrogen) atoms. The van der Waals surface area contributed by atoms with Crippen molar-refractivity contribution in [2.45, 2.75) is 18.9 Å². The Labute approximate surface area is 87.9 Å². The van der Waals surface area contributed by atoms with E-state index in [0.717, 1.165) is 6.04 Å². The van der Waals surface area contributed by atoms with Gasteiger partial charge in [0.15, 0.2) is 0 Å². The van der Waals surface area contributed by atoms with Crippen LogP contribution in [0.2, 0.25) is 0 Å². The summed E-state index contributed by atoms with van der Waals surface area (Å²) >= 11 is 0. The molecule has 0 aromatic heterocycles. The molecule has 0 spiro atoms. The van der Waals surface area contributed by atoms with Gasteiger partial charge < -0.3 is 15.5 Å². The van der Waals surface area contributed by atoms with Gasteiger partial charge in [0.25, 0.3) is 0 Å². The highest BCUT2D eigenvalue weighted by atomic mass is 16.4. The summed E-state index contributed by atoms with van der Waals surface area (Å²) in [6.45, 7) is 5.08. The first-order chi connectivity index (χ1) is 7.11. The van der Waals surface area contributed by atoms with Crippen LogP contribution in [0.4, 0.5) is 0 Å². The fraction of sp³-hybridized carbons (Fsp3) is 0.778. The van der Waals surface area contributed by atoms with E-state index in [1.54, 1.807) is 0 Å². The number of aliphatic carboxylic acids is 2. The minimum Gasteiger partial charge on any atom is -0.473 e. The first-order valence-corrected chi connectivity index (χ1v) is 5.02. The second kappa shape index (κ2) is 5.67. The Hall–Kier alpha value is -1.14. The fourth-order valence-corrected chi connectivity index (χ4v) is 1.91. The van der Waals surface area contributed by atoms with Gasteiger partial charge in [-0.25, -0.2) is 9.59 Å². The maximum atomic E-state index is 9.10. The van der Waals surface area contributed by atoms with Gasteiger partial charge in [-0.2, -0.15) is 0 Å². The highest BCUT2D eigenvalue weighted by Crippen LogP contribution is 2.17. The molecule has 0 saturated carbocycles. The summed E-state index contributed by atoms with van der Waals surface area (Å²) in [5.74, 6) is -3.65. The minimum atomic E-state index is -1.82. The zero-order chi connectivity index (χ0) is 11.3. The molecule has 0 bridgehead atoms. The minimum absolute atomic E-state index is 0.888. The van der Waals surface area contributed by atoms with Crippen molar-refractivity contribution >= 4 is 11.9 Å². The lowest BCUT2D eigenvalue weighted by Gasteiger charge is -2.29. The van der Waals surface area contributed by atoms with E-state index >= 15 is 0 Å². The summed E-state index contributed by atoms with van der Waals surface area (Å²) in [5.41, 5.74) is 0. The lowest BCUT2D eigenvalue weighted by atomic mass is 10.2. The molecular weight excluding hydrogens is 200 g/mol. The smallest absolute Gasteiger partial charge is 0.414 e. The molecule has 2 rings (SSSR count). The van der Waals surface area contributed by atoms with Crippen molar-refractivity contribution in [3.63, 3.8) is 0 Å². The van der Waals surface area contributed by atoms with Crippen molar-refractivity contribution in [1.29, 1.82) is 0 Å². The molecule has 6 nitrogen and oxygen atoms in total. The quantitative estimate of drug-likeness (QED) is 0.460. The Bertz CT molecular complexity index is 220. The lowest BCUT2D eigenvalue weighted by molar-refractivity contribution is -0.159. The second-order valence-corrected chi connectivity index (χ2v) is 3.65. The van der Waals surface area contributed by atoms with Crippen LogP contribution < -0.4 is 5.32 Å². The summed E-state index contributed by atoms with van der Waals surface area (Å²) in [4.78, 5) is 20.8. The zero-order valence-corrected chi connectivity index (χ0v) is 8.48. The first kappa shape index (κ1) is 11.9. The number of carboxylic acids is 2. The maximum absolute atomic E-state index is 9.10. The van der Waals surface area contributed by atoms with Gasteiger partial charge in [-0.15, -0.1) is 0 Å². The number of carboxylic acid groups (broad SMARTS) is 2. The maximum Gasteiger partial charge on any atom is 0.414 e. The number of rotatable bonds is 0. The Morgan fingerprint density at radius 2 is 1.87 bits per heavy atom. The number of carbonyl (C=O) groups is 2. The predicted octanol–water partition coefficient (Wildman–Crippen LogP) is -0.790. The van der Waals surface area contributed by atoms with E-state index in [-0.39, 0.29) is 0 Å². The first-order valence-electron chi connectivity index (χ1n) is 5.02. The van der Waals surface area contributed by atoms with Crippen LogP contribution in [-0.2, 0) is 9.59 Å². The van der Waals surface area contributed by atoms with Crippen molar-refractivity contribution in [2.24, 2.45) is 0 Å². The van der Waals surface area contributed by atoms with Crippen LogP contribution >= 0.6 is 0 Å². The molecule has 3 N–H and O–H groups in total. The van der Waals surface area contributed by atoms with Crippen molar-refractivity contribution in [2.75, 3.05) is 26.2 Å². The average Bonchev–Trinajstić information content (AvgIpc) is 2.66. The number of nitrogens with zero attached hydrogens (tertiary/aromatic N) is 1. The van der Waals surface area contributed by atoms with Crippen LogP contribution in [0.3, 0.4) is 0 Å². The van der Waals surface area contributed by atoms with Gasteiger partial charge in [0.2, 0.25) is 0 Å². The molecule has 0 aromatic rings. The Kier molecular flexibility index (Phi) is 4.51. The zero-order valence-electron chi connectivity index (χ0n) is 8.48. The lowest BCUT2D eigenvalue weighted by Crippen LogP contribution is -2.47. The van der Waals surface area contributed by atoms with Gasteiger partial charge in [-0.1, -0.05) is 0 Å². The highest BCUT2D eigenvalue weighted by Gasteiger charge is 2.25. The molecule has 0 radical (unpaired) electrons. The van der Waals surface area contributed by atoms with E-state index in [9.17, 15) is 0 Å². The largest absolute Gasteiger partial charge is 0.473 e. The van der Waals surface area contributed by atoms with E-state index in [0.29, 0.717) is 0 Å². The number of nitrogens with one attached hydrogen (secondary N) is 1. The van der Waals surface area contributed by atoms with Crippen LogP contribution in [0, 0.1) is 0 Å². The standard InChI is InChI=1S/C7H14N2.C2H2O4/c1-2-7-6-8-3-5-9(7)4-1;3-1(4)2(5)6/h7-8H,1-6H2;(H,3,4)(H,5,6). The molecule has 6 heteroatoms. The molecule has 0 aromatic carbocycles. The molecule has 2 fully saturated rings. The summed E-state index contributed by atoms with van der Waals surface area (Å²) in [7, 11) is 0. The van der Waals surface area contributed by atoms with Crippen molar-refractivity contribution in [3.05, 3.63) is 0 Å². The van der Waals surface area contributed by atoms with E-state index in [1.807, 2.05) is 0 Å². The molecule has 2 heterocycles. The third-order valence-electron chi connectivity index (χ3n) is 2.64. The topological polar surface area (TPSA) is 89.9 Å². The Morgan fingerprint density at radius 1 is 1.20 bits per heavy atom. The number of hydrogen-bond donors (Lipinski definition) is 3. The Morgan fingerprint density at radius 3 is 2.40 bits per heavy atom. The molecule has 1 unspecified atom stereocenters. The molecule has 1 atom stereocenters. The molecule has 2 aliphatic heterocycles. The van der Waals surface area contributed by atoms with Gasteiger partial charge in [0, 0.05) is 25.7 Å². The molecule has 2 saturated heterocycles. The Balaban J connectivity index is 0.000000167. The highest BCUT2D eigenvalue weighted by molar-refractivity contribution is 6.27. The molecule has 0 amide bonds. The van der Waals surface area contributed by atoms with Gasteiger partial charge in [0.05, 0.1) is 0 Å². The van der Waals surface area contributed by atoms with E-state index in [1.165, 1.54) is 39.0 Å². The van der Waals surface area contributed by atoms with Gasteiger partial charge >= 0.3 is 11.9 Å². The number of piperazine rings is 1. The van der Waals surface area contributed by atoms with Crippen LogP contribution in [0.5, 0.6) is 0 Å². The third kappa shape index (κ3) is 3.85. The second-order valence-electron chi connectivity index (χ2n) is 3.65. The molecular formula is C9H16N2O4. The monoisotopic (exact) mass is 216 g/mol. The average molecular weight is 216 g/mol. The number of hydrogen-bond acceptors (Lipinski definition) is 4. The van der Waals surface area contributed by atoms with Crippen molar-refractivity contribution in [3.8, 4) is 0 Å². The third-order valence-corrected chi connectivity index (χ3v) is 2.64. The summed E-state index contributed by atoms with van der Waals surface area (Å²) in [5, 5.41) is 18.2. The normalized spacial score (nSPS) is 24.9. The van der Waals surface area contributed by atoms with Gasteiger partial charge in [-0.3, -0.25) is 4.90 Å². The van der Waals surface area contributed by atoms with Gasteiger partial charge in [-0.05, 0) is 19.4 Å². The van der Waals surface area contributed by atoms with Crippen LogP contribution in [0.25, 0.3) is 0 Å². The number of fused-ring (bicyclic) bond motifs is 1. The van der Waals surface area contributed by atoms with Crippen LogP contribution in [0.1, 0.15) is 12.8 Å². The van der Waals surface area contributed by atoms with Crippen LogP contribution in [0.15, 0.2) is 0 Å². The molecule has 0 aliphatic carbocycles. The van der Waals surface area contributed by atoms with E-state index in [4.69, 9.17) is 19.8 Å². The predicted molar refractivity (Wildman–Crippen MR) is 52.7 cm³/mol. The van der Waals surface area contributed by atoms with Crippen molar-refractivity contribution in [1.82, 2.24) is 10.2 Å². The SMILES string of the molecule is C1CC2CNCCN2C1.O=C(O)C(=O)O. The van der Waals surface area contributed by atoms with Gasteiger partial charge in [0.1, 0.15) is 0 Å². The summed E-state index contributed by atoms with van der Waals surface area (Å²) < 4.78 is 0. The summed E-state index contributed by atoms with van der Waals surface area (Å²) in [6.07, 6.45) is 2.85. The fourth-order valence-electron chi connectivity index (χ4n) is 1.91. The van der Waals surface area contributed by atoms with E-state index in [2.05, 4.69) is 10.2 Å². The van der Waals surface area contributed by atoms with E-state index < -0.39 is 11.9 Å².